The average Bonchev–Trinajstić information content (AvgIpc) is 3.28. The molecule has 1 saturated heterocycles. The summed E-state index contributed by atoms with van der Waals surface area (Å²) in [6.45, 7) is 1.10. The van der Waals surface area contributed by atoms with Crippen molar-refractivity contribution in [1.29, 1.82) is 0 Å². The van der Waals surface area contributed by atoms with E-state index in [1.165, 1.54) is 18.5 Å². The van der Waals surface area contributed by atoms with E-state index in [0.29, 0.717) is 64.2 Å². The fourth-order valence-electron chi connectivity index (χ4n) is 4.23. The first-order chi connectivity index (χ1) is 17.2. The van der Waals surface area contributed by atoms with Crippen LogP contribution in [-0.4, -0.2) is 58.3 Å². The molecule has 3 heterocycles. The first-order valence-electron chi connectivity index (χ1n) is 11.1. The van der Waals surface area contributed by atoms with Crippen LogP contribution in [0.2, 0.25) is 10.0 Å². The van der Waals surface area contributed by atoms with Crippen LogP contribution in [0.4, 0.5) is 0 Å². The number of sulfone groups is 1. The summed E-state index contributed by atoms with van der Waals surface area (Å²) in [6.07, 6.45) is 5.61. The molecule has 0 N–H and O–H groups in total. The van der Waals surface area contributed by atoms with Gasteiger partial charge in [-0.15, -0.1) is 0 Å². The largest absolute Gasteiger partial charge is 0.438 e. The van der Waals surface area contributed by atoms with Gasteiger partial charge in [-0.3, -0.25) is 4.79 Å². The van der Waals surface area contributed by atoms with E-state index >= 15 is 0 Å². The van der Waals surface area contributed by atoms with Gasteiger partial charge in [0.1, 0.15) is 17.5 Å². The molecule has 2 aromatic carbocycles. The molecular weight excluding hydrogens is 525 g/mol. The maximum absolute atomic E-state index is 12.9. The highest BCUT2D eigenvalue weighted by Crippen LogP contribution is 2.31. The van der Waals surface area contributed by atoms with Crippen molar-refractivity contribution in [3.8, 4) is 11.6 Å². The van der Waals surface area contributed by atoms with Crippen molar-refractivity contribution in [2.24, 2.45) is 0 Å². The van der Waals surface area contributed by atoms with Crippen LogP contribution in [0.25, 0.3) is 11.0 Å². The number of carbonyl (C=O) groups is 1. The van der Waals surface area contributed by atoms with Gasteiger partial charge in [0.05, 0.1) is 17.1 Å². The summed E-state index contributed by atoms with van der Waals surface area (Å²) < 4.78 is 31.1. The number of amides is 1. The molecule has 9 nitrogen and oxygen atoms in total. The highest BCUT2D eigenvalue weighted by Gasteiger charge is 2.27. The highest BCUT2D eigenvalue weighted by atomic mass is 35.5. The van der Waals surface area contributed by atoms with Gasteiger partial charge in [0.2, 0.25) is 5.88 Å². The van der Waals surface area contributed by atoms with Gasteiger partial charge in [0.15, 0.2) is 15.5 Å². The Morgan fingerprint density at radius 1 is 1.03 bits per heavy atom. The molecule has 0 spiro atoms. The van der Waals surface area contributed by atoms with E-state index in [1.807, 2.05) is 4.68 Å². The van der Waals surface area contributed by atoms with Crippen molar-refractivity contribution in [1.82, 2.24) is 24.6 Å². The van der Waals surface area contributed by atoms with Crippen LogP contribution in [0.5, 0.6) is 11.6 Å². The average molecular weight is 546 g/mol. The lowest BCUT2D eigenvalue weighted by Crippen LogP contribution is -2.39. The summed E-state index contributed by atoms with van der Waals surface area (Å²) in [4.78, 5) is 23.6. The van der Waals surface area contributed by atoms with Crippen molar-refractivity contribution < 1.29 is 17.9 Å². The standard InChI is InChI=1S/C24H21Cl2N5O4S/c1-36(33,34)20-4-2-19(3-5-20)35-23-21-13-29-31(22(21)27-14-28-23)18-6-8-30(9-7-18)24(32)15-10-16(25)12-17(26)11-15/h2-5,10-14,18H,6-9H2,1H3. The second-order valence-electron chi connectivity index (χ2n) is 8.53. The number of likely N-dealkylation sites (tertiary alicyclic amines) is 1. The van der Waals surface area contributed by atoms with Crippen molar-refractivity contribution in [3.63, 3.8) is 0 Å². The molecule has 1 aliphatic rings. The van der Waals surface area contributed by atoms with Crippen LogP contribution in [-0.2, 0) is 9.84 Å². The summed E-state index contributed by atoms with van der Waals surface area (Å²) >= 11 is 12.1. The molecule has 12 heteroatoms. The minimum atomic E-state index is -3.30. The summed E-state index contributed by atoms with van der Waals surface area (Å²) in [7, 11) is -3.30. The number of hydrogen-bond donors (Lipinski definition) is 0. The van der Waals surface area contributed by atoms with Gasteiger partial charge in [0, 0.05) is 35.0 Å². The predicted octanol–water partition coefficient (Wildman–Crippen LogP) is 4.81. The van der Waals surface area contributed by atoms with Crippen LogP contribution in [0.3, 0.4) is 0 Å². The summed E-state index contributed by atoms with van der Waals surface area (Å²) in [5, 5.41) is 6.02. The van der Waals surface area contributed by atoms with Gasteiger partial charge >= 0.3 is 0 Å². The molecule has 4 aromatic rings. The van der Waals surface area contributed by atoms with Gasteiger partial charge in [-0.2, -0.15) is 5.10 Å². The number of rotatable bonds is 5. The quantitative estimate of drug-likeness (QED) is 0.354. The molecule has 1 amide bonds. The minimum absolute atomic E-state index is 0.0475. The Morgan fingerprint density at radius 2 is 1.69 bits per heavy atom. The molecular formula is C24H21Cl2N5O4S. The minimum Gasteiger partial charge on any atom is -0.438 e. The molecule has 0 atom stereocenters. The summed E-state index contributed by atoms with van der Waals surface area (Å²) in [5.41, 5.74) is 1.09. The summed E-state index contributed by atoms with van der Waals surface area (Å²) in [6, 6.07) is 11.0. The molecule has 1 fully saturated rings. The number of nitrogens with zero attached hydrogens (tertiary/aromatic N) is 5. The van der Waals surface area contributed by atoms with Crippen LogP contribution in [0.15, 0.2) is 59.9 Å². The van der Waals surface area contributed by atoms with Crippen LogP contribution < -0.4 is 4.74 Å². The number of piperidine rings is 1. The van der Waals surface area contributed by atoms with E-state index in [-0.39, 0.29) is 16.8 Å². The van der Waals surface area contributed by atoms with E-state index in [4.69, 9.17) is 27.9 Å². The number of benzene rings is 2. The first-order valence-corrected chi connectivity index (χ1v) is 13.8. The lowest BCUT2D eigenvalue weighted by atomic mass is 10.0. The molecule has 36 heavy (non-hydrogen) atoms. The van der Waals surface area contributed by atoms with Crippen molar-refractivity contribution in [2.45, 2.75) is 23.8 Å². The van der Waals surface area contributed by atoms with E-state index in [9.17, 15) is 13.2 Å². The van der Waals surface area contributed by atoms with Gasteiger partial charge < -0.3 is 9.64 Å². The normalized spacial score (nSPS) is 14.8. The fourth-order valence-corrected chi connectivity index (χ4v) is 5.39. The van der Waals surface area contributed by atoms with Crippen LogP contribution in [0.1, 0.15) is 29.2 Å². The SMILES string of the molecule is CS(=O)(=O)c1ccc(Oc2ncnc3c2cnn3C2CCN(C(=O)c3cc(Cl)cc(Cl)c3)CC2)cc1. The van der Waals surface area contributed by atoms with Gasteiger partial charge in [-0.25, -0.2) is 23.1 Å². The lowest BCUT2D eigenvalue weighted by molar-refractivity contribution is 0.0691. The molecule has 0 aliphatic carbocycles. The highest BCUT2D eigenvalue weighted by molar-refractivity contribution is 7.90. The number of aromatic nitrogens is 4. The number of carbonyl (C=O) groups excluding carboxylic acids is 1. The maximum atomic E-state index is 12.9. The Hall–Kier alpha value is -3.21. The zero-order valence-corrected chi connectivity index (χ0v) is 21.5. The van der Waals surface area contributed by atoms with Gasteiger partial charge in [-0.05, 0) is 55.3 Å². The van der Waals surface area contributed by atoms with Gasteiger partial charge in [-0.1, -0.05) is 23.2 Å². The second kappa shape index (κ2) is 9.68. The van der Waals surface area contributed by atoms with E-state index < -0.39 is 9.84 Å². The number of hydrogen-bond acceptors (Lipinski definition) is 7. The Balaban J connectivity index is 1.31. The number of halogens is 2. The zero-order chi connectivity index (χ0) is 25.4. The zero-order valence-electron chi connectivity index (χ0n) is 19.1. The second-order valence-corrected chi connectivity index (χ2v) is 11.4. The molecule has 0 bridgehead atoms. The van der Waals surface area contributed by atoms with Crippen molar-refractivity contribution in [2.75, 3.05) is 19.3 Å². The van der Waals surface area contributed by atoms with E-state index in [2.05, 4.69) is 15.1 Å². The fraction of sp³-hybridized carbons (Fsp3) is 0.250. The number of ether oxygens (including phenoxy) is 1. The third kappa shape index (κ3) is 5.02. The van der Waals surface area contributed by atoms with E-state index in [1.54, 1.807) is 41.4 Å². The van der Waals surface area contributed by atoms with Crippen molar-refractivity contribution in [3.05, 3.63) is 70.6 Å². The lowest BCUT2D eigenvalue weighted by Gasteiger charge is -2.32. The Labute approximate surface area is 217 Å². The van der Waals surface area contributed by atoms with E-state index in [0.717, 1.165) is 6.26 Å². The molecule has 2 aromatic heterocycles. The first kappa shape index (κ1) is 24.5. The summed E-state index contributed by atoms with van der Waals surface area (Å²) in [5.74, 6) is 0.662. The molecule has 0 radical (unpaired) electrons. The molecule has 0 saturated carbocycles. The molecule has 0 unspecified atom stereocenters. The molecule has 186 valence electrons. The Morgan fingerprint density at radius 3 is 2.33 bits per heavy atom. The maximum Gasteiger partial charge on any atom is 0.253 e. The smallest absolute Gasteiger partial charge is 0.253 e. The van der Waals surface area contributed by atoms with Crippen LogP contribution in [0, 0.1) is 0 Å². The third-order valence-electron chi connectivity index (χ3n) is 6.03. The molecule has 5 rings (SSSR count). The number of fused-ring (bicyclic) bond motifs is 1. The molecule has 1 aliphatic heterocycles. The Kier molecular flexibility index (Phi) is 6.59. The predicted molar refractivity (Wildman–Crippen MR) is 136 cm³/mol. The Bertz CT molecular complexity index is 1530. The topological polar surface area (TPSA) is 107 Å². The third-order valence-corrected chi connectivity index (χ3v) is 7.59. The van der Waals surface area contributed by atoms with Gasteiger partial charge in [0.25, 0.3) is 5.91 Å². The van der Waals surface area contributed by atoms with Crippen molar-refractivity contribution >= 4 is 50.0 Å². The monoisotopic (exact) mass is 545 g/mol. The van der Waals surface area contributed by atoms with Crippen LogP contribution >= 0.6 is 23.2 Å².